The number of thiophene rings is 1. The van der Waals surface area contributed by atoms with Gasteiger partial charge < -0.3 is 10.0 Å². The Morgan fingerprint density at radius 2 is 1.95 bits per heavy atom. The molecule has 4 nitrogen and oxygen atoms in total. The van der Waals surface area contributed by atoms with Gasteiger partial charge in [0, 0.05) is 31.9 Å². The van der Waals surface area contributed by atoms with Crippen LogP contribution in [0.25, 0.3) is 0 Å². The Kier molecular flexibility index (Phi) is 5.73. The molecule has 5 heteroatoms. The highest BCUT2D eigenvalue weighted by atomic mass is 32.1. The molecule has 0 aliphatic heterocycles. The van der Waals surface area contributed by atoms with Crippen LogP contribution in [0.5, 0.6) is 5.75 Å². The van der Waals surface area contributed by atoms with E-state index in [1.807, 2.05) is 13.0 Å². The zero-order chi connectivity index (χ0) is 15.2. The molecular weight excluding hydrogens is 282 g/mol. The first-order chi connectivity index (χ1) is 10.0. The van der Waals surface area contributed by atoms with E-state index in [1.54, 1.807) is 17.4 Å². The van der Waals surface area contributed by atoms with Crippen LogP contribution in [0.15, 0.2) is 29.0 Å². The summed E-state index contributed by atoms with van der Waals surface area (Å²) in [7, 11) is 4.15. The van der Waals surface area contributed by atoms with Crippen molar-refractivity contribution in [1.82, 2.24) is 14.8 Å². The second kappa shape index (κ2) is 7.54. The molecule has 0 saturated carbocycles. The van der Waals surface area contributed by atoms with Gasteiger partial charge in [0.2, 0.25) is 0 Å². The van der Waals surface area contributed by atoms with Gasteiger partial charge in [-0.3, -0.25) is 9.88 Å². The average Bonchev–Trinajstić information content (AvgIpc) is 2.93. The van der Waals surface area contributed by atoms with Crippen LogP contribution in [0.4, 0.5) is 0 Å². The maximum Gasteiger partial charge on any atom is 0.138 e. The Labute approximate surface area is 130 Å². The van der Waals surface area contributed by atoms with E-state index in [-0.39, 0.29) is 5.75 Å². The summed E-state index contributed by atoms with van der Waals surface area (Å²) >= 11 is 1.72. The highest BCUT2D eigenvalue weighted by molar-refractivity contribution is 7.07. The summed E-state index contributed by atoms with van der Waals surface area (Å²) in [6, 6.07) is 5.71. The fourth-order valence-corrected chi connectivity index (χ4v) is 2.79. The number of aromatic nitrogens is 1. The molecule has 0 aromatic carbocycles. The van der Waals surface area contributed by atoms with Crippen molar-refractivity contribution in [3.63, 3.8) is 0 Å². The molecule has 0 fully saturated rings. The lowest BCUT2D eigenvalue weighted by Crippen LogP contribution is -2.31. The maximum atomic E-state index is 9.99. The number of nitrogens with zero attached hydrogens (tertiary/aromatic N) is 3. The third kappa shape index (κ3) is 5.12. The first-order valence-electron chi connectivity index (χ1n) is 7.08. The van der Waals surface area contributed by atoms with Gasteiger partial charge in [0.1, 0.15) is 5.75 Å². The second-order valence-electron chi connectivity index (χ2n) is 5.56. The molecule has 2 rings (SSSR count). The van der Waals surface area contributed by atoms with Gasteiger partial charge >= 0.3 is 0 Å². The summed E-state index contributed by atoms with van der Waals surface area (Å²) in [6.07, 6.45) is 0. The lowest BCUT2D eigenvalue weighted by molar-refractivity contribution is 0.221. The number of rotatable bonds is 7. The molecule has 2 heterocycles. The number of likely N-dealkylation sites (N-methyl/N-ethyl adjacent to an activating group) is 1. The molecule has 0 saturated heterocycles. The topological polar surface area (TPSA) is 39.6 Å². The van der Waals surface area contributed by atoms with Crippen LogP contribution in [0.1, 0.15) is 17.0 Å². The predicted molar refractivity (Wildman–Crippen MR) is 87.6 cm³/mol. The monoisotopic (exact) mass is 305 g/mol. The average molecular weight is 305 g/mol. The van der Waals surface area contributed by atoms with Crippen molar-refractivity contribution in [3.05, 3.63) is 45.9 Å². The molecule has 0 amide bonds. The summed E-state index contributed by atoms with van der Waals surface area (Å²) in [5.74, 6) is 0.278. The molecule has 21 heavy (non-hydrogen) atoms. The van der Waals surface area contributed by atoms with Crippen molar-refractivity contribution in [3.8, 4) is 5.75 Å². The van der Waals surface area contributed by atoms with Crippen molar-refractivity contribution in [2.75, 3.05) is 27.2 Å². The van der Waals surface area contributed by atoms with E-state index in [1.165, 1.54) is 5.56 Å². The molecule has 0 radical (unpaired) electrons. The third-order valence-corrected chi connectivity index (χ3v) is 4.04. The lowest BCUT2D eigenvalue weighted by Gasteiger charge is -2.24. The minimum Gasteiger partial charge on any atom is -0.506 e. The molecule has 0 unspecified atom stereocenters. The van der Waals surface area contributed by atoms with E-state index in [0.717, 1.165) is 31.0 Å². The molecule has 0 bridgehead atoms. The second-order valence-corrected chi connectivity index (χ2v) is 6.34. The number of aryl methyl sites for hydroxylation is 1. The van der Waals surface area contributed by atoms with Crippen LogP contribution in [0, 0.1) is 6.92 Å². The summed E-state index contributed by atoms with van der Waals surface area (Å²) in [5.41, 5.74) is 3.00. The van der Waals surface area contributed by atoms with Gasteiger partial charge in [-0.05, 0) is 55.5 Å². The van der Waals surface area contributed by atoms with Crippen molar-refractivity contribution in [2.24, 2.45) is 0 Å². The molecule has 0 spiro atoms. The minimum absolute atomic E-state index is 0.278. The Morgan fingerprint density at radius 1 is 1.14 bits per heavy atom. The Balaban J connectivity index is 2.08. The number of hydrogen-bond acceptors (Lipinski definition) is 5. The van der Waals surface area contributed by atoms with Gasteiger partial charge in [0.15, 0.2) is 0 Å². The van der Waals surface area contributed by atoms with Gasteiger partial charge in [-0.1, -0.05) is 0 Å². The standard InChI is InChI=1S/C16H23N3OS/c1-13-4-5-16(20)15(17-13)11-19(8-7-18(2)3)10-14-6-9-21-12-14/h4-6,9,12,20H,7-8,10-11H2,1-3H3. The molecule has 0 aliphatic rings. The number of pyridine rings is 1. The van der Waals surface area contributed by atoms with Crippen LogP contribution >= 0.6 is 11.3 Å². The molecule has 0 atom stereocenters. The van der Waals surface area contributed by atoms with Gasteiger partial charge in [0.05, 0.1) is 5.69 Å². The third-order valence-electron chi connectivity index (χ3n) is 3.31. The molecular formula is C16H23N3OS. The summed E-state index contributed by atoms with van der Waals surface area (Å²) < 4.78 is 0. The molecule has 1 N–H and O–H groups in total. The molecule has 2 aromatic rings. The first-order valence-corrected chi connectivity index (χ1v) is 8.02. The van der Waals surface area contributed by atoms with E-state index in [4.69, 9.17) is 0 Å². The maximum absolute atomic E-state index is 9.99. The Hall–Kier alpha value is -1.43. The number of hydrogen-bond donors (Lipinski definition) is 1. The highest BCUT2D eigenvalue weighted by Gasteiger charge is 2.12. The molecule has 114 valence electrons. The fourth-order valence-electron chi connectivity index (χ4n) is 2.13. The van der Waals surface area contributed by atoms with E-state index in [2.05, 4.69) is 45.7 Å². The van der Waals surface area contributed by atoms with Crippen molar-refractivity contribution >= 4 is 11.3 Å². The van der Waals surface area contributed by atoms with Crippen LogP contribution < -0.4 is 0 Å². The van der Waals surface area contributed by atoms with Gasteiger partial charge in [-0.15, -0.1) is 0 Å². The fraction of sp³-hybridized carbons (Fsp3) is 0.438. The van der Waals surface area contributed by atoms with E-state index in [9.17, 15) is 5.11 Å². The molecule has 2 aromatic heterocycles. The van der Waals surface area contributed by atoms with Crippen molar-refractivity contribution in [1.29, 1.82) is 0 Å². The molecule has 0 aliphatic carbocycles. The van der Waals surface area contributed by atoms with Crippen LogP contribution in [-0.4, -0.2) is 47.1 Å². The van der Waals surface area contributed by atoms with Crippen molar-refractivity contribution < 1.29 is 5.11 Å². The predicted octanol–water partition coefficient (Wildman–Crippen LogP) is 2.72. The number of aromatic hydroxyl groups is 1. The smallest absolute Gasteiger partial charge is 0.138 e. The largest absolute Gasteiger partial charge is 0.506 e. The normalized spacial score (nSPS) is 11.5. The minimum atomic E-state index is 0.278. The van der Waals surface area contributed by atoms with E-state index < -0.39 is 0 Å². The van der Waals surface area contributed by atoms with Crippen molar-refractivity contribution in [2.45, 2.75) is 20.0 Å². The first kappa shape index (κ1) is 15.9. The zero-order valence-corrected chi connectivity index (χ0v) is 13.7. The summed E-state index contributed by atoms with van der Waals surface area (Å²) in [4.78, 5) is 8.96. The Bertz CT molecular complexity index is 555. The summed E-state index contributed by atoms with van der Waals surface area (Å²) in [6.45, 7) is 5.42. The van der Waals surface area contributed by atoms with Crippen LogP contribution in [0.2, 0.25) is 0 Å². The Morgan fingerprint density at radius 3 is 2.62 bits per heavy atom. The van der Waals surface area contributed by atoms with E-state index in [0.29, 0.717) is 6.54 Å². The van der Waals surface area contributed by atoms with Gasteiger partial charge in [-0.25, -0.2) is 0 Å². The van der Waals surface area contributed by atoms with Crippen LogP contribution in [-0.2, 0) is 13.1 Å². The SMILES string of the molecule is Cc1ccc(O)c(CN(CCN(C)C)Cc2ccsc2)n1. The van der Waals surface area contributed by atoms with Crippen LogP contribution in [0.3, 0.4) is 0 Å². The highest BCUT2D eigenvalue weighted by Crippen LogP contribution is 2.18. The van der Waals surface area contributed by atoms with Gasteiger partial charge in [0.25, 0.3) is 0 Å². The quantitative estimate of drug-likeness (QED) is 0.854. The lowest BCUT2D eigenvalue weighted by atomic mass is 10.2. The van der Waals surface area contributed by atoms with E-state index >= 15 is 0 Å². The van der Waals surface area contributed by atoms with Gasteiger partial charge in [-0.2, -0.15) is 11.3 Å². The zero-order valence-electron chi connectivity index (χ0n) is 12.9. The summed E-state index contributed by atoms with van der Waals surface area (Å²) in [5, 5.41) is 14.3.